The van der Waals surface area contributed by atoms with Gasteiger partial charge in [-0.2, -0.15) is 10.1 Å². The van der Waals surface area contributed by atoms with Crippen LogP contribution in [0, 0.1) is 5.92 Å². The van der Waals surface area contributed by atoms with Crippen LogP contribution in [-0.2, 0) is 0 Å². The molecule has 4 rings (SSSR count). The molecule has 1 aromatic carbocycles. The summed E-state index contributed by atoms with van der Waals surface area (Å²) in [5, 5.41) is 4.18. The fourth-order valence-corrected chi connectivity index (χ4v) is 4.07. The highest BCUT2D eigenvalue weighted by atomic mass is 19.3. The second-order valence-corrected chi connectivity index (χ2v) is 7.33. The Morgan fingerprint density at radius 2 is 2.00 bits per heavy atom. The number of halogens is 3. The van der Waals surface area contributed by atoms with Gasteiger partial charge >= 0.3 is 0 Å². The van der Waals surface area contributed by atoms with Crippen LogP contribution in [0.15, 0.2) is 42.7 Å². The van der Waals surface area contributed by atoms with E-state index in [0.717, 1.165) is 18.5 Å². The van der Waals surface area contributed by atoms with E-state index in [1.807, 2.05) is 30.3 Å². The second-order valence-electron chi connectivity index (χ2n) is 7.33. The molecule has 148 valence electrons. The number of fused-ring (bicyclic) bond motifs is 1. The molecule has 0 N–H and O–H groups in total. The predicted molar refractivity (Wildman–Crippen MR) is 99.0 cm³/mol. The zero-order chi connectivity index (χ0) is 19.7. The molecule has 0 bridgehead atoms. The summed E-state index contributed by atoms with van der Waals surface area (Å²) in [4.78, 5) is 10.00. The highest BCUT2D eigenvalue weighted by molar-refractivity contribution is 5.33. The molecule has 1 aliphatic heterocycles. The van der Waals surface area contributed by atoms with Crippen molar-refractivity contribution in [1.82, 2.24) is 24.5 Å². The van der Waals surface area contributed by atoms with Gasteiger partial charge in [-0.25, -0.2) is 22.7 Å². The van der Waals surface area contributed by atoms with Crippen molar-refractivity contribution in [3.05, 3.63) is 59.7 Å². The van der Waals surface area contributed by atoms with Crippen LogP contribution in [0.25, 0.3) is 5.78 Å². The minimum absolute atomic E-state index is 0.0730. The van der Waals surface area contributed by atoms with Gasteiger partial charge in [0.05, 0.1) is 11.7 Å². The first kappa shape index (κ1) is 18.9. The number of piperidine rings is 1. The van der Waals surface area contributed by atoms with Gasteiger partial charge in [-0.15, -0.1) is 0 Å². The first-order chi connectivity index (χ1) is 13.6. The number of hydrogen-bond acceptors (Lipinski definition) is 4. The highest BCUT2D eigenvalue weighted by Crippen LogP contribution is 2.37. The fraction of sp³-hybridized carbons (Fsp3) is 0.450. The van der Waals surface area contributed by atoms with Gasteiger partial charge in [0.15, 0.2) is 0 Å². The summed E-state index contributed by atoms with van der Waals surface area (Å²) in [6, 6.07) is 10.6. The maximum Gasteiger partial charge on any atom is 0.280 e. The van der Waals surface area contributed by atoms with Crippen molar-refractivity contribution in [3.63, 3.8) is 0 Å². The van der Waals surface area contributed by atoms with Crippen LogP contribution in [-0.4, -0.2) is 44.2 Å². The average molecular weight is 389 g/mol. The predicted octanol–water partition coefficient (Wildman–Crippen LogP) is 4.20. The molecular weight excluding hydrogens is 367 g/mol. The molecule has 1 saturated heterocycles. The van der Waals surface area contributed by atoms with Crippen molar-refractivity contribution in [2.75, 3.05) is 19.8 Å². The smallest absolute Gasteiger partial charge is 0.280 e. The van der Waals surface area contributed by atoms with E-state index >= 15 is 0 Å². The molecule has 3 atom stereocenters. The summed E-state index contributed by atoms with van der Waals surface area (Å²) < 4.78 is 42.2. The van der Waals surface area contributed by atoms with Gasteiger partial charge in [-0.3, -0.25) is 4.90 Å². The molecule has 0 spiro atoms. The molecule has 0 aliphatic carbocycles. The fourth-order valence-electron chi connectivity index (χ4n) is 4.07. The Bertz CT molecular complexity index is 930. The van der Waals surface area contributed by atoms with Crippen molar-refractivity contribution in [2.24, 2.45) is 5.92 Å². The van der Waals surface area contributed by atoms with Crippen LogP contribution in [0.1, 0.15) is 48.7 Å². The monoisotopic (exact) mass is 389 g/mol. The topological polar surface area (TPSA) is 46.3 Å². The van der Waals surface area contributed by atoms with E-state index in [1.54, 1.807) is 0 Å². The molecule has 0 amide bonds. The third kappa shape index (κ3) is 3.48. The summed E-state index contributed by atoms with van der Waals surface area (Å²) in [5.41, 5.74) is 1.28. The maximum absolute atomic E-state index is 13.9. The standard InChI is InChI=1S/C20H22F3N5/c1-13-7-8-27(18(10-21)14-5-3-2-4-6-14)11-15(13)17-9-16(19(22)23)26-20-24-12-25-28(17)20/h2-6,9,12-13,15,18-19H,7-8,10-11H2,1H3/t13-,15-,18+/m1/s1. The SMILES string of the molecule is C[C@@H]1CCN([C@@H](CF)c2ccccc2)C[C@H]1c1cc(C(F)F)nc2ncnn12. The van der Waals surface area contributed by atoms with Gasteiger partial charge in [-0.05, 0) is 30.5 Å². The largest absolute Gasteiger partial charge is 0.293 e. The summed E-state index contributed by atoms with van der Waals surface area (Å²) in [6.45, 7) is 2.92. The number of alkyl halides is 3. The number of benzene rings is 1. The van der Waals surface area contributed by atoms with E-state index < -0.39 is 13.1 Å². The van der Waals surface area contributed by atoms with Crippen molar-refractivity contribution in [2.45, 2.75) is 31.7 Å². The summed E-state index contributed by atoms with van der Waals surface area (Å²) in [6.07, 6.45) is -0.518. The Labute approximate surface area is 161 Å². The lowest BCUT2D eigenvalue weighted by atomic mass is 9.83. The first-order valence-corrected chi connectivity index (χ1v) is 9.42. The molecule has 1 fully saturated rings. The van der Waals surface area contributed by atoms with Crippen LogP contribution in [0.4, 0.5) is 13.2 Å². The molecule has 1 aliphatic rings. The van der Waals surface area contributed by atoms with E-state index in [1.165, 1.54) is 16.9 Å². The normalized spacial score (nSPS) is 22.0. The number of hydrogen-bond donors (Lipinski definition) is 0. The van der Waals surface area contributed by atoms with Crippen molar-refractivity contribution < 1.29 is 13.2 Å². The van der Waals surface area contributed by atoms with Crippen LogP contribution >= 0.6 is 0 Å². The van der Waals surface area contributed by atoms with Crippen LogP contribution in [0.3, 0.4) is 0 Å². The van der Waals surface area contributed by atoms with Gasteiger partial charge in [0, 0.05) is 12.5 Å². The molecule has 0 saturated carbocycles. The van der Waals surface area contributed by atoms with Crippen LogP contribution in [0.2, 0.25) is 0 Å². The quantitative estimate of drug-likeness (QED) is 0.656. The first-order valence-electron chi connectivity index (χ1n) is 9.42. The van der Waals surface area contributed by atoms with Gasteiger partial charge in [-0.1, -0.05) is 37.3 Å². The van der Waals surface area contributed by atoms with E-state index in [2.05, 4.69) is 26.9 Å². The lowest BCUT2D eigenvalue weighted by Crippen LogP contribution is -2.42. The molecule has 2 aromatic heterocycles. The Balaban J connectivity index is 1.69. The minimum atomic E-state index is -2.68. The van der Waals surface area contributed by atoms with E-state index in [-0.39, 0.29) is 29.3 Å². The van der Waals surface area contributed by atoms with E-state index in [0.29, 0.717) is 12.2 Å². The maximum atomic E-state index is 13.9. The van der Waals surface area contributed by atoms with E-state index in [4.69, 9.17) is 0 Å². The second kappa shape index (κ2) is 7.87. The zero-order valence-corrected chi connectivity index (χ0v) is 15.5. The summed E-state index contributed by atoms with van der Waals surface area (Å²) in [5.74, 6) is 0.339. The molecule has 3 heterocycles. The molecule has 28 heavy (non-hydrogen) atoms. The van der Waals surface area contributed by atoms with Crippen LogP contribution < -0.4 is 0 Å². The Hall–Kier alpha value is -2.48. The Kier molecular flexibility index (Phi) is 5.30. The number of nitrogens with zero attached hydrogens (tertiary/aromatic N) is 5. The van der Waals surface area contributed by atoms with Crippen LogP contribution in [0.5, 0.6) is 0 Å². The summed E-state index contributed by atoms with van der Waals surface area (Å²) >= 11 is 0. The van der Waals surface area contributed by atoms with Crippen molar-refractivity contribution in [1.29, 1.82) is 0 Å². The van der Waals surface area contributed by atoms with Gasteiger partial charge in [0.2, 0.25) is 0 Å². The number of rotatable bonds is 5. The molecular formula is C20H22F3N5. The molecule has 0 radical (unpaired) electrons. The molecule has 3 aromatic rings. The highest BCUT2D eigenvalue weighted by Gasteiger charge is 2.34. The Morgan fingerprint density at radius 3 is 2.71 bits per heavy atom. The number of likely N-dealkylation sites (tertiary alicyclic amines) is 1. The van der Waals surface area contributed by atoms with Gasteiger partial charge in [0.1, 0.15) is 18.7 Å². The summed E-state index contributed by atoms with van der Waals surface area (Å²) in [7, 11) is 0. The van der Waals surface area contributed by atoms with Gasteiger partial charge < -0.3 is 0 Å². The van der Waals surface area contributed by atoms with E-state index in [9.17, 15) is 13.2 Å². The molecule has 8 heteroatoms. The lowest BCUT2D eigenvalue weighted by molar-refractivity contribution is 0.0991. The Morgan fingerprint density at radius 1 is 1.21 bits per heavy atom. The van der Waals surface area contributed by atoms with Crippen molar-refractivity contribution in [3.8, 4) is 0 Å². The average Bonchev–Trinajstić information content (AvgIpc) is 3.18. The minimum Gasteiger partial charge on any atom is -0.293 e. The molecule has 0 unspecified atom stereocenters. The number of aromatic nitrogens is 4. The third-order valence-electron chi connectivity index (χ3n) is 5.66. The van der Waals surface area contributed by atoms with Gasteiger partial charge in [0.25, 0.3) is 12.2 Å². The third-order valence-corrected chi connectivity index (χ3v) is 5.66. The lowest BCUT2D eigenvalue weighted by Gasteiger charge is -2.40. The zero-order valence-electron chi connectivity index (χ0n) is 15.5. The molecule has 5 nitrogen and oxygen atoms in total. The van der Waals surface area contributed by atoms with Crippen molar-refractivity contribution >= 4 is 5.78 Å².